The summed E-state index contributed by atoms with van der Waals surface area (Å²) in [5.74, 6) is 2.93. The first-order valence-corrected chi connectivity index (χ1v) is 8.37. The Morgan fingerprint density at radius 1 is 1.00 bits per heavy atom. The monoisotopic (exact) mass is 290 g/mol. The second-order valence-corrected chi connectivity index (χ2v) is 6.65. The number of rotatable bonds is 5. The normalized spacial score (nSPS) is 17.0. The average molecular weight is 290 g/mol. The highest BCUT2D eigenvalue weighted by Crippen LogP contribution is 2.22. The minimum atomic E-state index is 0.379. The summed E-state index contributed by atoms with van der Waals surface area (Å²) in [4.78, 5) is 14.5. The number of hydrogen-bond donors (Lipinski definition) is 0. The molecule has 0 N–H and O–H groups in total. The summed E-state index contributed by atoms with van der Waals surface area (Å²) in [5, 5.41) is 0. The first-order chi connectivity index (χ1) is 10.0. The number of anilines is 1. The van der Waals surface area contributed by atoms with Crippen LogP contribution in [0.5, 0.6) is 0 Å². The maximum absolute atomic E-state index is 4.81. The minimum absolute atomic E-state index is 0.379. The zero-order valence-electron chi connectivity index (χ0n) is 14.3. The molecule has 4 nitrogen and oxygen atoms in total. The summed E-state index contributed by atoms with van der Waals surface area (Å²) in [6.45, 7) is 16.7. The number of piperazine rings is 1. The lowest BCUT2D eigenvalue weighted by atomic mass is 10.1. The molecule has 0 amide bonds. The third kappa shape index (κ3) is 4.16. The molecule has 4 heteroatoms. The van der Waals surface area contributed by atoms with Gasteiger partial charge >= 0.3 is 0 Å². The molecule has 0 saturated carbocycles. The van der Waals surface area contributed by atoms with Crippen molar-refractivity contribution in [1.82, 2.24) is 14.9 Å². The first kappa shape index (κ1) is 16.2. The fourth-order valence-corrected chi connectivity index (χ4v) is 2.70. The molecule has 0 atom stereocenters. The van der Waals surface area contributed by atoms with E-state index in [0.29, 0.717) is 11.8 Å². The van der Waals surface area contributed by atoms with Gasteiger partial charge in [0.1, 0.15) is 11.6 Å². The van der Waals surface area contributed by atoms with Gasteiger partial charge in [-0.25, -0.2) is 9.97 Å². The summed E-state index contributed by atoms with van der Waals surface area (Å²) < 4.78 is 0. The Balaban J connectivity index is 2.16. The molecule has 1 aromatic heterocycles. The molecule has 0 aromatic carbocycles. The van der Waals surface area contributed by atoms with E-state index in [2.05, 4.69) is 50.5 Å². The van der Waals surface area contributed by atoms with Crippen molar-refractivity contribution in [3.8, 4) is 0 Å². The van der Waals surface area contributed by atoms with E-state index in [9.17, 15) is 0 Å². The second-order valence-electron chi connectivity index (χ2n) is 6.65. The smallest absolute Gasteiger partial charge is 0.133 e. The van der Waals surface area contributed by atoms with Crippen molar-refractivity contribution in [2.75, 3.05) is 37.6 Å². The van der Waals surface area contributed by atoms with Gasteiger partial charge < -0.3 is 4.90 Å². The van der Waals surface area contributed by atoms with E-state index < -0.39 is 0 Å². The van der Waals surface area contributed by atoms with Crippen molar-refractivity contribution in [1.29, 1.82) is 0 Å². The van der Waals surface area contributed by atoms with Crippen LogP contribution in [0.1, 0.15) is 64.4 Å². The van der Waals surface area contributed by atoms with Gasteiger partial charge in [0.15, 0.2) is 0 Å². The molecule has 118 valence electrons. The Hall–Kier alpha value is -1.16. The molecule has 0 spiro atoms. The fraction of sp³-hybridized carbons (Fsp3) is 0.765. The molecule has 2 heterocycles. The van der Waals surface area contributed by atoms with Gasteiger partial charge in [-0.15, -0.1) is 0 Å². The molecule has 1 aromatic rings. The highest BCUT2D eigenvalue weighted by molar-refractivity contribution is 5.41. The van der Waals surface area contributed by atoms with Crippen LogP contribution in [-0.2, 0) is 0 Å². The maximum Gasteiger partial charge on any atom is 0.133 e. The van der Waals surface area contributed by atoms with Gasteiger partial charge in [0.2, 0.25) is 0 Å². The molecule has 1 saturated heterocycles. The van der Waals surface area contributed by atoms with Crippen LogP contribution >= 0.6 is 0 Å². The molecule has 0 aliphatic carbocycles. The minimum Gasteiger partial charge on any atom is -0.354 e. The fourth-order valence-electron chi connectivity index (χ4n) is 2.70. The Labute approximate surface area is 129 Å². The maximum atomic E-state index is 4.81. The van der Waals surface area contributed by atoms with E-state index in [0.717, 1.165) is 37.8 Å². The quantitative estimate of drug-likeness (QED) is 0.833. The van der Waals surface area contributed by atoms with Crippen molar-refractivity contribution >= 4 is 5.82 Å². The third-order valence-electron chi connectivity index (χ3n) is 4.09. The van der Waals surface area contributed by atoms with Crippen LogP contribution in [0.3, 0.4) is 0 Å². The van der Waals surface area contributed by atoms with Gasteiger partial charge in [-0.05, 0) is 18.9 Å². The van der Waals surface area contributed by atoms with Gasteiger partial charge in [0.05, 0.1) is 0 Å². The van der Waals surface area contributed by atoms with E-state index in [-0.39, 0.29) is 0 Å². The van der Waals surface area contributed by atoms with Crippen molar-refractivity contribution in [2.45, 2.75) is 52.9 Å². The molecular formula is C17H30N4. The van der Waals surface area contributed by atoms with Crippen LogP contribution in [0.4, 0.5) is 5.82 Å². The largest absolute Gasteiger partial charge is 0.354 e. The van der Waals surface area contributed by atoms with Crippen LogP contribution in [0.2, 0.25) is 0 Å². The van der Waals surface area contributed by atoms with Crippen LogP contribution in [0.25, 0.3) is 0 Å². The van der Waals surface area contributed by atoms with Crippen molar-refractivity contribution in [3.05, 3.63) is 17.6 Å². The zero-order valence-corrected chi connectivity index (χ0v) is 14.3. The first-order valence-electron chi connectivity index (χ1n) is 8.37. The Bertz CT molecular complexity index is 422. The Morgan fingerprint density at radius 3 is 2.19 bits per heavy atom. The van der Waals surface area contributed by atoms with Crippen LogP contribution < -0.4 is 4.90 Å². The molecule has 1 fully saturated rings. The lowest BCUT2D eigenvalue weighted by Gasteiger charge is -2.35. The standard InChI is InChI=1S/C17H30N4/c1-6-7-20-8-10-21(11-9-20)16-12-15(13(2)3)18-17(19-16)14(4)5/h12-14H,6-11H2,1-5H3. The van der Waals surface area contributed by atoms with Gasteiger partial charge in [0.25, 0.3) is 0 Å². The highest BCUT2D eigenvalue weighted by Gasteiger charge is 2.19. The summed E-state index contributed by atoms with van der Waals surface area (Å²) in [5.41, 5.74) is 1.17. The highest BCUT2D eigenvalue weighted by atomic mass is 15.3. The third-order valence-corrected chi connectivity index (χ3v) is 4.09. The number of nitrogens with zero attached hydrogens (tertiary/aromatic N) is 4. The van der Waals surface area contributed by atoms with Gasteiger partial charge in [0, 0.05) is 43.9 Å². The van der Waals surface area contributed by atoms with E-state index in [1.54, 1.807) is 0 Å². The Kier molecular flexibility index (Phi) is 5.57. The summed E-state index contributed by atoms with van der Waals surface area (Å²) >= 11 is 0. The number of hydrogen-bond acceptors (Lipinski definition) is 4. The average Bonchev–Trinajstić information content (AvgIpc) is 2.47. The number of aromatic nitrogens is 2. The van der Waals surface area contributed by atoms with E-state index in [1.807, 2.05) is 0 Å². The molecule has 0 radical (unpaired) electrons. The SMILES string of the molecule is CCCN1CCN(c2cc(C(C)C)nc(C(C)C)n2)CC1. The summed E-state index contributed by atoms with van der Waals surface area (Å²) in [6.07, 6.45) is 1.24. The predicted molar refractivity (Wildman–Crippen MR) is 89.2 cm³/mol. The van der Waals surface area contributed by atoms with Crippen molar-refractivity contribution in [3.63, 3.8) is 0 Å². The summed E-state index contributed by atoms with van der Waals surface area (Å²) in [6, 6.07) is 2.19. The van der Waals surface area contributed by atoms with E-state index >= 15 is 0 Å². The molecule has 1 aliphatic rings. The lowest BCUT2D eigenvalue weighted by Crippen LogP contribution is -2.47. The topological polar surface area (TPSA) is 32.3 Å². The molecule has 0 bridgehead atoms. The Morgan fingerprint density at radius 2 is 1.67 bits per heavy atom. The molecular weight excluding hydrogens is 260 g/mol. The van der Waals surface area contributed by atoms with Crippen LogP contribution in [0.15, 0.2) is 6.07 Å². The van der Waals surface area contributed by atoms with Crippen molar-refractivity contribution in [2.24, 2.45) is 0 Å². The second kappa shape index (κ2) is 7.21. The van der Waals surface area contributed by atoms with Gasteiger partial charge in [-0.2, -0.15) is 0 Å². The van der Waals surface area contributed by atoms with E-state index in [1.165, 1.54) is 18.7 Å². The van der Waals surface area contributed by atoms with Gasteiger partial charge in [-0.3, -0.25) is 4.90 Å². The zero-order chi connectivity index (χ0) is 15.4. The van der Waals surface area contributed by atoms with Crippen LogP contribution in [0, 0.1) is 0 Å². The van der Waals surface area contributed by atoms with Crippen LogP contribution in [-0.4, -0.2) is 47.6 Å². The predicted octanol–water partition coefficient (Wildman–Crippen LogP) is 3.26. The molecule has 0 unspecified atom stereocenters. The molecule has 1 aliphatic heterocycles. The lowest BCUT2D eigenvalue weighted by molar-refractivity contribution is 0.258. The molecule has 2 rings (SSSR count). The summed E-state index contributed by atoms with van der Waals surface area (Å²) in [7, 11) is 0. The van der Waals surface area contributed by atoms with E-state index in [4.69, 9.17) is 9.97 Å². The van der Waals surface area contributed by atoms with Crippen molar-refractivity contribution < 1.29 is 0 Å². The molecule has 21 heavy (non-hydrogen) atoms. The van der Waals surface area contributed by atoms with Gasteiger partial charge in [-0.1, -0.05) is 34.6 Å².